The summed E-state index contributed by atoms with van der Waals surface area (Å²) in [6.45, 7) is 7.90. The molecular weight excluding hydrogens is 225 g/mol. The summed E-state index contributed by atoms with van der Waals surface area (Å²) in [6, 6.07) is 6.94. The van der Waals surface area contributed by atoms with Gasteiger partial charge in [-0.2, -0.15) is 0 Å². The predicted molar refractivity (Wildman–Crippen MR) is 72.8 cm³/mol. The van der Waals surface area contributed by atoms with Gasteiger partial charge in [0.25, 0.3) is 0 Å². The van der Waals surface area contributed by atoms with Crippen molar-refractivity contribution in [3.8, 4) is 11.8 Å². The van der Waals surface area contributed by atoms with Gasteiger partial charge in [-0.15, -0.1) is 0 Å². The van der Waals surface area contributed by atoms with Crippen LogP contribution in [0.15, 0.2) is 24.3 Å². The van der Waals surface area contributed by atoms with Gasteiger partial charge >= 0.3 is 0 Å². The second kappa shape index (κ2) is 5.12. The molecule has 96 valence electrons. The van der Waals surface area contributed by atoms with E-state index in [1.54, 1.807) is 12.1 Å². The molecule has 18 heavy (non-hydrogen) atoms. The number of nitrogens with zero attached hydrogens (tertiary/aromatic N) is 1. The van der Waals surface area contributed by atoms with Crippen molar-refractivity contribution in [1.82, 2.24) is 4.90 Å². The number of halogens is 1. The first-order valence-corrected chi connectivity index (χ1v) is 6.48. The lowest BCUT2D eigenvalue weighted by Crippen LogP contribution is -2.56. The highest BCUT2D eigenvalue weighted by molar-refractivity contribution is 5.34. The van der Waals surface area contributed by atoms with Gasteiger partial charge in [-0.25, -0.2) is 4.39 Å². The van der Waals surface area contributed by atoms with E-state index in [4.69, 9.17) is 0 Å². The predicted octanol–water partition coefficient (Wildman–Crippen LogP) is 3.44. The zero-order valence-electron chi connectivity index (χ0n) is 11.3. The van der Waals surface area contributed by atoms with Crippen LogP contribution in [-0.4, -0.2) is 23.0 Å². The van der Waals surface area contributed by atoms with Crippen molar-refractivity contribution in [3.63, 3.8) is 0 Å². The third-order valence-corrected chi connectivity index (χ3v) is 3.42. The molecule has 2 heteroatoms. The molecule has 0 N–H and O–H groups in total. The standard InChI is InChI=1S/C16H20FN/c1-16(2,3)18-12-11-15(18)6-4-5-13-7-9-14(17)10-8-13/h7-10,15H,6,11-12H2,1-3H3. The van der Waals surface area contributed by atoms with Crippen LogP contribution in [0.25, 0.3) is 0 Å². The zero-order chi connectivity index (χ0) is 13.2. The second-order valence-corrected chi connectivity index (χ2v) is 5.82. The summed E-state index contributed by atoms with van der Waals surface area (Å²) < 4.78 is 12.7. The van der Waals surface area contributed by atoms with Gasteiger partial charge in [-0.1, -0.05) is 11.8 Å². The van der Waals surface area contributed by atoms with Gasteiger partial charge in [0.15, 0.2) is 0 Å². The van der Waals surface area contributed by atoms with Gasteiger partial charge in [-0.3, -0.25) is 4.90 Å². The van der Waals surface area contributed by atoms with E-state index in [2.05, 4.69) is 37.5 Å². The molecule has 0 spiro atoms. The van der Waals surface area contributed by atoms with E-state index in [-0.39, 0.29) is 11.4 Å². The molecule has 1 unspecified atom stereocenters. The van der Waals surface area contributed by atoms with E-state index in [0.717, 1.165) is 12.0 Å². The summed E-state index contributed by atoms with van der Waals surface area (Å²) in [5.74, 6) is 6.10. The lowest BCUT2D eigenvalue weighted by Gasteiger charge is -2.49. The number of likely N-dealkylation sites (tertiary alicyclic amines) is 1. The Morgan fingerprint density at radius 3 is 2.44 bits per heavy atom. The topological polar surface area (TPSA) is 3.24 Å². The fraction of sp³-hybridized carbons (Fsp3) is 0.500. The summed E-state index contributed by atoms with van der Waals surface area (Å²) in [5.41, 5.74) is 1.12. The Morgan fingerprint density at radius 1 is 1.28 bits per heavy atom. The molecule has 0 amide bonds. The molecule has 0 bridgehead atoms. The van der Waals surface area contributed by atoms with Crippen molar-refractivity contribution in [2.24, 2.45) is 0 Å². The Labute approximate surface area is 109 Å². The van der Waals surface area contributed by atoms with Crippen LogP contribution in [0.1, 0.15) is 39.2 Å². The average molecular weight is 245 g/mol. The number of benzene rings is 1. The summed E-state index contributed by atoms with van der Waals surface area (Å²) in [5, 5.41) is 0. The molecular formula is C16H20FN. The van der Waals surface area contributed by atoms with Crippen molar-refractivity contribution in [3.05, 3.63) is 35.6 Å². The Morgan fingerprint density at radius 2 is 1.94 bits per heavy atom. The second-order valence-electron chi connectivity index (χ2n) is 5.82. The maximum atomic E-state index is 12.7. The monoisotopic (exact) mass is 245 g/mol. The molecule has 1 atom stereocenters. The highest BCUT2D eigenvalue weighted by Gasteiger charge is 2.35. The first kappa shape index (κ1) is 13.1. The normalized spacial score (nSPS) is 19.9. The van der Waals surface area contributed by atoms with E-state index in [0.29, 0.717) is 6.04 Å². The SMILES string of the molecule is CC(C)(C)N1CCC1CC#Cc1ccc(F)cc1. The average Bonchev–Trinajstić information content (AvgIpc) is 2.22. The van der Waals surface area contributed by atoms with Gasteiger partial charge < -0.3 is 0 Å². The lowest BCUT2D eigenvalue weighted by molar-refractivity contribution is 0.00473. The molecule has 1 fully saturated rings. The largest absolute Gasteiger partial charge is 0.294 e. The smallest absolute Gasteiger partial charge is 0.123 e. The fourth-order valence-electron chi connectivity index (χ4n) is 2.34. The summed E-state index contributed by atoms with van der Waals surface area (Å²) in [4.78, 5) is 2.49. The summed E-state index contributed by atoms with van der Waals surface area (Å²) in [7, 11) is 0. The number of hydrogen-bond acceptors (Lipinski definition) is 1. The summed E-state index contributed by atoms with van der Waals surface area (Å²) >= 11 is 0. The quantitative estimate of drug-likeness (QED) is 0.685. The molecule has 0 saturated carbocycles. The molecule has 1 aromatic rings. The van der Waals surface area contributed by atoms with E-state index >= 15 is 0 Å². The van der Waals surface area contributed by atoms with Gasteiger partial charge in [0.1, 0.15) is 5.82 Å². The molecule has 0 aliphatic carbocycles. The minimum absolute atomic E-state index is 0.210. The number of rotatable bonds is 1. The Bertz CT molecular complexity index is 459. The highest BCUT2D eigenvalue weighted by Crippen LogP contribution is 2.28. The van der Waals surface area contributed by atoms with E-state index < -0.39 is 0 Å². The number of hydrogen-bond donors (Lipinski definition) is 0. The third kappa shape index (κ3) is 3.11. The van der Waals surface area contributed by atoms with Crippen LogP contribution in [0.4, 0.5) is 4.39 Å². The molecule has 1 heterocycles. The van der Waals surface area contributed by atoms with Crippen LogP contribution >= 0.6 is 0 Å². The van der Waals surface area contributed by atoms with Crippen LogP contribution in [0.2, 0.25) is 0 Å². The first-order chi connectivity index (χ1) is 8.47. The highest BCUT2D eigenvalue weighted by atomic mass is 19.1. The fourth-order valence-corrected chi connectivity index (χ4v) is 2.34. The molecule has 1 aliphatic heterocycles. The molecule has 1 nitrogen and oxygen atoms in total. The molecule has 1 aromatic carbocycles. The minimum atomic E-state index is -0.210. The van der Waals surface area contributed by atoms with Gasteiger partial charge in [0, 0.05) is 30.1 Å². The van der Waals surface area contributed by atoms with Crippen molar-refractivity contribution >= 4 is 0 Å². The molecule has 1 aliphatic rings. The first-order valence-electron chi connectivity index (χ1n) is 6.48. The van der Waals surface area contributed by atoms with Gasteiger partial charge in [0.2, 0.25) is 0 Å². The van der Waals surface area contributed by atoms with Gasteiger partial charge in [-0.05, 0) is 51.5 Å². The third-order valence-electron chi connectivity index (χ3n) is 3.42. The summed E-state index contributed by atoms with van der Waals surface area (Å²) in [6.07, 6.45) is 2.13. The van der Waals surface area contributed by atoms with Crippen molar-refractivity contribution in [2.75, 3.05) is 6.54 Å². The molecule has 0 aromatic heterocycles. The Balaban J connectivity index is 1.91. The molecule has 1 saturated heterocycles. The van der Waals surface area contributed by atoms with Crippen LogP contribution in [0.3, 0.4) is 0 Å². The van der Waals surface area contributed by atoms with E-state index in [9.17, 15) is 4.39 Å². The van der Waals surface area contributed by atoms with Gasteiger partial charge in [0.05, 0.1) is 0 Å². The van der Waals surface area contributed by atoms with Crippen LogP contribution in [0.5, 0.6) is 0 Å². The van der Waals surface area contributed by atoms with E-state index in [1.807, 2.05) is 0 Å². The Hall–Kier alpha value is -1.33. The van der Waals surface area contributed by atoms with Crippen molar-refractivity contribution < 1.29 is 4.39 Å². The Kier molecular flexibility index (Phi) is 3.73. The van der Waals surface area contributed by atoms with Crippen LogP contribution in [-0.2, 0) is 0 Å². The van der Waals surface area contributed by atoms with Crippen LogP contribution < -0.4 is 0 Å². The lowest BCUT2D eigenvalue weighted by atomic mass is 9.91. The molecule has 2 rings (SSSR count). The van der Waals surface area contributed by atoms with Crippen molar-refractivity contribution in [1.29, 1.82) is 0 Å². The minimum Gasteiger partial charge on any atom is -0.294 e. The molecule has 0 radical (unpaired) electrons. The zero-order valence-corrected chi connectivity index (χ0v) is 11.3. The van der Waals surface area contributed by atoms with Crippen LogP contribution in [0, 0.1) is 17.7 Å². The van der Waals surface area contributed by atoms with E-state index in [1.165, 1.54) is 25.1 Å². The van der Waals surface area contributed by atoms with Crippen molar-refractivity contribution in [2.45, 2.75) is 45.2 Å². The maximum absolute atomic E-state index is 12.7. The maximum Gasteiger partial charge on any atom is 0.123 e.